The third-order valence-corrected chi connectivity index (χ3v) is 4.52. The molecule has 6 heteroatoms. The van der Waals surface area contributed by atoms with Gasteiger partial charge in [0.25, 0.3) is 0 Å². The smallest absolute Gasteiger partial charge is 0.224 e. The second-order valence-electron chi connectivity index (χ2n) is 6.04. The lowest BCUT2D eigenvalue weighted by Gasteiger charge is -2.27. The molecule has 1 aliphatic heterocycles. The molecule has 1 saturated heterocycles. The molecule has 1 amide bonds. The summed E-state index contributed by atoms with van der Waals surface area (Å²) >= 11 is 0. The van der Waals surface area contributed by atoms with Gasteiger partial charge in [-0.15, -0.1) is 0 Å². The van der Waals surface area contributed by atoms with Crippen molar-refractivity contribution in [3.8, 4) is 0 Å². The van der Waals surface area contributed by atoms with Gasteiger partial charge in [0.05, 0.1) is 19.1 Å². The number of carbonyl (C=O) groups excluding carboxylic acids is 1. The number of hydrogen-bond donors (Lipinski definition) is 2. The average Bonchev–Trinajstić information content (AvgIpc) is 3.00. The van der Waals surface area contributed by atoms with E-state index in [4.69, 9.17) is 10.5 Å². The average molecular weight is 304 g/mol. The molecule has 2 heterocycles. The summed E-state index contributed by atoms with van der Waals surface area (Å²) in [7, 11) is 0. The van der Waals surface area contributed by atoms with E-state index in [0.717, 1.165) is 56.9 Å². The monoisotopic (exact) mass is 304 g/mol. The van der Waals surface area contributed by atoms with Crippen LogP contribution in [0, 0.1) is 5.92 Å². The molecule has 6 nitrogen and oxygen atoms in total. The topological polar surface area (TPSA) is 80.5 Å². The SMILES string of the molecule is NC1CCCC1C(=O)NCc1ccc(N2CCOCC2)nc1. The summed E-state index contributed by atoms with van der Waals surface area (Å²) in [6.45, 7) is 3.77. The standard InChI is InChI=1S/C16H24N4O2/c17-14-3-1-2-13(14)16(21)19-11-12-4-5-15(18-10-12)20-6-8-22-9-7-20/h4-5,10,13-14H,1-3,6-9,11,17H2,(H,19,21). The molecule has 3 N–H and O–H groups in total. The van der Waals surface area contributed by atoms with Crippen molar-refractivity contribution in [2.24, 2.45) is 11.7 Å². The van der Waals surface area contributed by atoms with E-state index < -0.39 is 0 Å². The van der Waals surface area contributed by atoms with Gasteiger partial charge in [-0.25, -0.2) is 4.98 Å². The molecule has 2 fully saturated rings. The van der Waals surface area contributed by atoms with Crippen molar-refractivity contribution in [3.05, 3.63) is 23.9 Å². The van der Waals surface area contributed by atoms with Crippen molar-refractivity contribution in [3.63, 3.8) is 0 Å². The number of carbonyl (C=O) groups is 1. The van der Waals surface area contributed by atoms with Crippen LogP contribution in [-0.4, -0.2) is 43.2 Å². The molecule has 1 aromatic heterocycles. The van der Waals surface area contributed by atoms with Crippen LogP contribution in [0.1, 0.15) is 24.8 Å². The van der Waals surface area contributed by atoms with E-state index in [2.05, 4.69) is 15.2 Å². The number of nitrogens with two attached hydrogens (primary N) is 1. The molecule has 2 atom stereocenters. The zero-order valence-corrected chi connectivity index (χ0v) is 12.8. The Balaban J connectivity index is 1.51. The number of morpholine rings is 1. The molecule has 0 radical (unpaired) electrons. The first-order valence-corrected chi connectivity index (χ1v) is 8.05. The molecule has 22 heavy (non-hydrogen) atoms. The Hall–Kier alpha value is -1.66. The number of hydrogen-bond acceptors (Lipinski definition) is 5. The zero-order valence-electron chi connectivity index (χ0n) is 12.8. The molecule has 1 aliphatic carbocycles. The van der Waals surface area contributed by atoms with Gasteiger partial charge in [-0.2, -0.15) is 0 Å². The molecular formula is C16H24N4O2. The van der Waals surface area contributed by atoms with Crippen LogP contribution in [0.2, 0.25) is 0 Å². The second-order valence-corrected chi connectivity index (χ2v) is 6.04. The third-order valence-electron chi connectivity index (χ3n) is 4.52. The van der Waals surface area contributed by atoms with E-state index in [1.165, 1.54) is 0 Å². The van der Waals surface area contributed by atoms with Gasteiger partial charge in [-0.05, 0) is 24.5 Å². The number of nitrogens with one attached hydrogen (secondary N) is 1. The number of rotatable bonds is 4. The fourth-order valence-electron chi connectivity index (χ4n) is 3.14. The molecule has 1 aromatic rings. The van der Waals surface area contributed by atoms with E-state index >= 15 is 0 Å². The number of pyridine rings is 1. The molecule has 1 saturated carbocycles. The first-order chi connectivity index (χ1) is 10.7. The predicted octanol–water partition coefficient (Wildman–Crippen LogP) is 0.662. The summed E-state index contributed by atoms with van der Waals surface area (Å²) in [6.07, 6.45) is 4.74. The maximum Gasteiger partial charge on any atom is 0.224 e. The van der Waals surface area contributed by atoms with E-state index in [1.807, 2.05) is 18.3 Å². The van der Waals surface area contributed by atoms with Crippen LogP contribution < -0.4 is 16.0 Å². The van der Waals surface area contributed by atoms with Crippen molar-refractivity contribution >= 4 is 11.7 Å². The van der Waals surface area contributed by atoms with Gasteiger partial charge < -0.3 is 20.7 Å². The Kier molecular flexibility index (Phi) is 4.90. The number of aromatic nitrogens is 1. The lowest BCUT2D eigenvalue weighted by atomic mass is 10.0. The number of nitrogens with zero attached hydrogens (tertiary/aromatic N) is 2. The maximum atomic E-state index is 12.1. The highest BCUT2D eigenvalue weighted by Crippen LogP contribution is 2.24. The summed E-state index contributed by atoms with van der Waals surface area (Å²) < 4.78 is 5.34. The van der Waals surface area contributed by atoms with Crippen molar-refractivity contribution in [1.29, 1.82) is 0 Å². The van der Waals surface area contributed by atoms with Crippen LogP contribution in [0.25, 0.3) is 0 Å². The lowest BCUT2D eigenvalue weighted by molar-refractivity contribution is -0.125. The normalized spacial score (nSPS) is 25.2. The molecule has 3 rings (SSSR count). The first kappa shape index (κ1) is 15.2. The molecule has 2 unspecified atom stereocenters. The van der Waals surface area contributed by atoms with Crippen LogP contribution in [-0.2, 0) is 16.1 Å². The molecule has 2 aliphatic rings. The maximum absolute atomic E-state index is 12.1. The van der Waals surface area contributed by atoms with Crippen molar-refractivity contribution in [2.45, 2.75) is 31.8 Å². The van der Waals surface area contributed by atoms with Gasteiger partial charge in [0.1, 0.15) is 5.82 Å². The van der Waals surface area contributed by atoms with E-state index in [1.54, 1.807) is 0 Å². The van der Waals surface area contributed by atoms with Gasteiger partial charge >= 0.3 is 0 Å². The molecule has 120 valence electrons. The highest BCUT2D eigenvalue weighted by molar-refractivity contribution is 5.79. The summed E-state index contributed by atoms with van der Waals surface area (Å²) in [4.78, 5) is 18.8. The third kappa shape index (κ3) is 3.56. The minimum atomic E-state index is -0.0272. The number of amides is 1. The Morgan fingerprint density at radius 1 is 1.36 bits per heavy atom. The molecular weight excluding hydrogens is 280 g/mol. The van der Waals surface area contributed by atoms with Crippen LogP contribution >= 0.6 is 0 Å². The lowest BCUT2D eigenvalue weighted by Crippen LogP contribution is -2.38. The zero-order chi connectivity index (χ0) is 15.4. The predicted molar refractivity (Wildman–Crippen MR) is 84.4 cm³/mol. The highest BCUT2D eigenvalue weighted by atomic mass is 16.5. The van der Waals surface area contributed by atoms with Gasteiger partial charge in [0.2, 0.25) is 5.91 Å². The minimum absolute atomic E-state index is 0.0156. The molecule has 0 aromatic carbocycles. The second kappa shape index (κ2) is 7.07. The molecule has 0 bridgehead atoms. The quantitative estimate of drug-likeness (QED) is 0.854. The van der Waals surface area contributed by atoms with E-state index in [-0.39, 0.29) is 17.9 Å². The summed E-state index contributed by atoms with van der Waals surface area (Å²) in [6, 6.07) is 4.04. The summed E-state index contributed by atoms with van der Waals surface area (Å²) in [5.41, 5.74) is 6.97. The largest absolute Gasteiger partial charge is 0.378 e. The van der Waals surface area contributed by atoms with Crippen LogP contribution in [0.5, 0.6) is 0 Å². The van der Waals surface area contributed by atoms with Crippen molar-refractivity contribution in [2.75, 3.05) is 31.2 Å². The number of anilines is 1. The molecule has 0 spiro atoms. The Bertz CT molecular complexity index is 499. The van der Waals surface area contributed by atoms with E-state index in [9.17, 15) is 4.79 Å². The van der Waals surface area contributed by atoms with Gasteiger partial charge in [-0.1, -0.05) is 12.5 Å². The fraction of sp³-hybridized carbons (Fsp3) is 0.625. The fourth-order valence-corrected chi connectivity index (χ4v) is 3.14. The Morgan fingerprint density at radius 2 is 2.18 bits per heavy atom. The number of ether oxygens (including phenoxy) is 1. The summed E-state index contributed by atoms with van der Waals surface area (Å²) in [5, 5.41) is 2.98. The van der Waals surface area contributed by atoms with Gasteiger partial charge in [0.15, 0.2) is 0 Å². The van der Waals surface area contributed by atoms with Gasteiger partial charge in [-0.3, -0.25) is 4.79 Å². The van der Waals surface area contributed by atoms with E-state index in [0.29, 0.717) is 6.54 Å². The van der Waals surface area contributed by atoms with Crippen LogP contribution in [0.3, 0.4) is 0 Å². The first-order valence-electron chi connectivity index (χ1n) is 8.05. The Labute approximate surface area is 131 Å². The Morgan fingerprint density at radius 3 is 2.82 bits per heavy atom. The van der Waals surface area contributed by atoms with Crippen molar-refractivity contribution in [1.82, 2.24) is 10.3 Å². The highest BCUT2D eigenvalue weighted by Gasteiger charge is 2.29. The van der Waals surface area contributed by atoms with Gasteiger partial charge in [0, 0.05) is 31.9 Å². The van der Waals surface area contributed by atoms with Crippen LogP contribution in [0.15, 0.2) is 18.3 Å². The summed E-state index contributed by atoms with van der Waals surface area (Å²) in [5.74, 6) is 1.01. The minimum Gasteiger partial charge on any atom is -0.378 e. The van der Waals surface area contributed by atoms with Crippen molar-refractivity contribution < 1.29 is 9.53 Å². The van der Waals surface area contributed by atoms with Crippen LogP contribution in [0.4, 0.5) is 5.82 Å².